The topological polar surface area (TPSA) is 38.0 Å². The van der Waals surface area contributed by atoms with Crippen molar-refractivity contribution in [1.82, 2.24) is 9.78 Å². The van der Waals surface area contributed by atoms with Gasteiger partial charge in [0, 0.05) is 23.6 Å². The van der Waals surface area contributed by atoms with E-state index in [1.54, 1.807) is 22.9 Å². The van der Waals surface area contributed by atoms with E-state index in [-0.39, 0.29) is 5.82 Å². The molecule has 0 radical (unpaired) electrons. The predicted octanol–water partition coefficient (Wildman–Crippen LogP) is 3.70. The average molecular weight is 329 g/mol. The average Bonchev–Trinajstić information content (AvgIpc) is 2.74. The van der Waals surface area contributed by atoms with Gasteiger partial charge in [0.1, 0.15) is 5.82 Å². The highest BCUT2D eigenvalue weighted by molar-refractivity contribution is 7.99. The number of rotatable bonds is 6. The first kappa shape index (κ1) is 16.3. The first-order chi connectivity index (χ1) is 10.0. The SMILES string of the molecule is CCn1nc(C)c(Cl)c1CC(O)CSc1ccccc1F. The quantitative estimate of drug-likeness (QED) is 0.822. The molecule has 0 aliphatic rings. The van der Waals surface area contributed by atoms with Gasteiger partial charge in [-0.2, -0.15) is 5.10 Å². The molecule has 0 bridgehead atoms. The predicted molar refractivity (Wildman–Crippen MR) is 84.5 cm³/mol. The van der Waals surface area contributed by atoms with Crippen LogP contribution < -0.4 is 0 Å². The minimum atomic E-state index is -0.603. The molecule has 0 spiro atoms. The zero-order valence-corrected chi connectivity index (χ0v) is 13.6. The maximum absolute atomic E-state index is 13.5. The summed E-state index contributed by atoms with van der Waals surface area (Å²) >= 11 is 7.52. The van der Waals surface area contributed by atoms with Crippen molar-refractivity contribution in [3.05, 3.63) is 46.5 Å². The molecule has 1 N–H and O–H groups in total. The lowest BCUT2D eigenvalue weighted by molar-refractivity contribution is 0.197. The number of hydrogen-bond acceptors (Lipinski definition) is 3. The number of aryl methyl sites for hydroxylation is 2. The van der Waals surface area contributed by atoms with Crippen LogP contribution in [0.3, 0.4) is 0 Å². The molecule has 2 aromatic rings. The van der Waals surface area contributed by atoms with Gasteiger partial charge in [-0.15, -0.1) is 11.8 Å². The summed E-state index contributed by atoms with van der Waals surface area (Å²) in [6.07, 6.45) is -0.192. The smallest absolute Gasteiger partial charge is 0.136 e. The third-order valence-corrected chi connectivity index (χ3v) is 4.83. The van der Waals surface area contributed by atoms with E-state index in [4.69, 9.17) is 11.6 Å². The normalized spacial score (nSPS) is 12.6. The molecule has 0 amide bonds. The fourth-order valence-electron chi connectivity index (χ4n) is 2.09. The third-order valence-electron chi connectivity index (χ3n) is 3.15. The number of aromatic nitrogens is 2. The molecule has 0 aliphatic heterocycles. The Balaban J connectivity index is 1.99. The fraction of sp³-hybridized carbons (Fsp3) is 0.400. The van der Waals surface area contributed by atoms with E-state index in [9.17, 15) is 9.50 Å². The van der Waals surface area contributed by atoms with E-state index in [0.717, 1.165) is 11.4 Å². The fourth-order valence-corrected chi connectivity index (χ4v) is 3.18. The van der Waals surface area contributed by atoms with Crippen molar-refractivity contribution >= 4 is 23.4 Å². The first-order valence-electron chi connectivity index (χ1n) is 6.80. The number of halogens is 2. The van der Waals surface area contributed by atoms with Crippen molar-refractivity contribution in [3.63, 3.8) is 0 Å². The van der Waals surface area contributed by atoms with E-state index in [2.05, 4.69) is 5.10 Å². The van der Waals surface area contributed by atoms with Crippen LogP contribution in [-0.4, -0.2) is 26.7 Å². The number of thioether (sulfide) groups is 1. The number of aliphatic hydroxyl groups is 1. The van der Waals surface area contributed by atoms with E-state index in [0.29, 0.717) is 28.6 Å². The number of hydrogen-bond donors (Lipinski definition) is 1. The third kappa shape index (κ3) is 3.99. The molecule has 1 aromatic carbocycles. The Morgan fingerprint density at radius 3 is 2.81 bits per heavy atom. The Bertz CT molecular complexity index is 618. The van der Waals surface area contributed by atoms with Gasteiger partial charge >= 0.3 is 0 Å². The zero-order valence-electron chi connectivity index (χ0n) is 12.0. The molecule has 1 unspecified atom stereocenters. The number of aliphatic hydroxyl groups excluding tert-OH is 1. The van der Waals surface area contributed by atoms with Gasteiger partial charge in [0.2, 0.25) is 0 Å². The molecule has 1 atom stereocenters. The molecule has 6 heteroatoms. The Kier molecular flexibility index (Phi) is 5.67. The largest absolute Gasteiger partial charge is 0.392 e. The molecule has 1 aromatic heterocycles. The summed E-state index contributed by atoms with van der Waals surface area (Å²) in [5.41, 5.74) is 1.60. The van der Waals surface area contributed by atoms with E-state index in [1.165, 1.54) is 17.8 Å². The summed E-state index contributed by atoms with van der Waals surface area (Å²) in [5.74, 6) is 0.146. The highest BCUT2D eigenvalue weighted by Gasteiger charge is 2.17. The Morgan fingerprint density at radius 2 is 2.14 bits per heavy atom. The highest BCUT2D eigenvalue weighted by atomic mass is 35.5. The molecule has 0 saturated carbocycles. The first-order valence-corrected chi connectivity index (χ1v) is 8.16. The van der Waals surface area contributed by atoms with Gasteiger partial charge in [-0.25, -0.2) is 4.39 Å². The van der Waals surface area contributed by atoms with Crippen molar-refractivity contribution < 1.29 is 9.50 Å². The summed E-state index contributed by atoms with van der Waals surface area (Å²) in [5, 5.41) is 15.1. The molecule has 2 rings (SSSR count). The van der Waals surface area contributed by atoms with Crippen LogP contribution >= 0.6 is 23.4 Å². The maximum Gasteiger partial charge on any atom is 0.136 e. The van der Waals surface area contributed by atoms with Crippen molar-refractivity contribution in [3.8, 4) is 0 Å². The maximum atomic E-state index is 13.5. The number of benzene rings is 1. The Labute approximate surface area is 133 Å². The molecule has 114 valence electrons. The molecule has 21 heavy (non-hydrogen) atoms. The molecule has 0 aliphatic carbocycles. The molecule has 0 saturated heterocycles. The van der Waals surface area contributed by atoms with Gasteiger partial charge in [-0.05, 0) is 26.0 Å². The van der Waals surface area contributed by atoms with Crippen LogP contribution in [-0.2, 0) is 13.0 Å². The van der Waals surface area contributed by atoms with Crippen LogP contribution in [0.15, 0.2) is 29.2 Å². The van der Waals surface area contributed by atoms with Crippen LogP contribution in [0.2, 0.25) is 5.02 Å². The zero-order chi connectivity index (χ0) is 15.4. The highest BCUT2D eigenvalue weighted by Crippen LogP contribution is 2.25. The standard InChI is InChI=1S/C15H18ClFN2OS/c1-3-19-13(15(16)10(2)18-19)8-11(20)9-21-14-7-5-4-6-12(14)17/h4-7,11,20H,3,8-9H2,1-2H3. The van der Waals surface area contributed by atoms with E-state index < -0.39 is 6.10 Å². The van der Waals surface area contributed by atoms with Gasteiger partial charge in [-0.1, -0.05) is 23.7 Å². The second kappa shape index (κ2) is 7.29. The van der Waals surface area contributed by atoms with Gasteiger partial charge < -0.3 is 5.11 Å². The van der Waals surface area contributed by atoms with Crippen LogP contribution in [0.25, 0.3) is 0 Å². The molecular formula is C15H18ClFN2OS. The van der Waals surface area contributed by atoms with Crippen molar-refractivity contribution in [2.75, 3.05) is 5.75 Å². The Morgan fingerprint density at radius 1 is 1.43 bits per heavy atom. The summed E-state index contributed by atoms with van der Waals surface area (Å²) in [4.78, 5) is 0.544. The lowest BCUT2D eigenvalue weighted by atomic mass is 10.2. The van der Waals surface area contributed by atoms with Crippen LogP contribution in [0, 0.1) is 12.7 Å². The van der Waals surface area contributed by atoms with Crippen LogP contribution in [0.1, 0.15) is 18.3 Å². The summed E-state index contributed by atoms with van der Waals surface area (Å²) in [6.45, 7) is 4.53. The second-order valence-corrected chi connectivity index (χ2v) is 6.20. The summed E-state index contributed by atoms with van der Waals surface area (Å²) in [7, 11) is 0. The molecular weight excluding hydrogens is 311 g/mol. The summed E-state index contributed by atoms with van der Waals surface area (Å²) in [6, 6.07) is 6.56. The lowest BCUT2D eigenvalue weighted by Gasteiger charge is -2.12. The minimum Gasteiger partial charge on any atom is -0.392 e. The minimum absolute atomic E-state index is 0.262. The van der Waals surface area contributed by atoms with Gasteiger partial charge in [-0.3, -0.25) is 4.68 Å². The van der Waals surface area contributed by atoms with Crippen LogP contribution in [0.5, 0.6) is 0 Å². The molecule has 0 fully saturated rings. The molecule has 3 nitrogen and oxygen atoms in total. The van der Waals surface area contributed by atoms with Crippen molar-refractivity contribution in [2.24, 2.45) is 0 Å². The van der Waals surface area contributed by atoms with Gasteiger partial charge in [0.25, 0.3) is 0 Å². The van der Waals surface area contributed by atoms with Crippen molar-refractivity contribution in [2.45, 2.75) is 37.8 Å². The molecule has 1 heterocycles. The number of nitrogens with zero attached hydrogens (tertiary/aromatic N) is 2. The van der Waals surface area contributed by atoms with E-state index in [1.807, 2.05) is 13.8 Å². The monoisotopic (exact) mass is 328 g/mol. The van der Waals surface area contributed by atoms with Gasteiger partial charge in [0.05, 0.1) is 22.5 Å². The van der Waals surface area contributed by atoms with Crippen molar-refractivity contribution in [1.29, 1.82) is 0 Å². The van der Waals surface area contributed by atoms with Gasteiger partial charge in [0.15, 0.2) is 0 Å². The Hall–Kier alpha value is -1.04. The van der Waals surface area contributed by atoms with Crippen LogP contribution in [0.4, 0.5) is 4.39 Å². The lowest BCUT2D eigenvalue weighted by Crippen LogP contribution is -2.17. The second-order valence-electron chi connectivity index (χ2n) is 4.76. The van der Waals surface area contributed by atoms with E-state index >= 15 is 0 Å². The summed E-state index contributed by atoms with van der Waals surface area (Å²) < 4.78 is 15.3.